The molecular weight excluding hydrogens is 286 g/mol. The molecule has 0 saturated carbocycles. The predicted molar refractivity (Wildman–Crippen MR) is 71.8 cm³/mol. The zero-order valence-electron chi connectivity index (χ0n) is 8.90. The second-order valence-corrected chi connectivity index (χ2v) is 5.06. The Morgan fingerprint density at radius 3 is 3.00 bits per heavy atom. The van der Waals surface area contributed by atoms with E-state index in [2.05, 4.69) is 38.1 Å². The van der Waals surface area contributed by atoms with Crippen molar-refractivity contribution in [3.63, 3.8) is 0 Å². The van der Waals surface area contributed by atoms with Gasteiger partial charge in [0.1, 0.15) is 5.82 Å². The third-order valence-electron chi connectivity index (χ3n) is 2.03. The van der Waals surface area contributed by atoms with E-state index in [1.165, 1.54) is 0 Å². The van der Waals surface area contributed by atoms with Gasteiger partial charge in [-0.1, -0.05) is 6.92 Å². The van der Waals surface area contributed by atoms with E-state index < -0.39 is 0 Å². The van der Waals surface area contributed by atoms with Crippen LogP contribution < -0.4 is 5.32 Å². The highest BCUT2D eigenvalue weighted by Gasteiger charge is 2.07. The molecule has 0 unspecified atom stereocenters. The Hall–Kier alpha value is -0.940. The molecule has 1 N–H and O–H groups in total. The molecule has 2 heterocycles. The highest BCUT2D eigenvalue weighted by molar-refractivity contribution is 9.10. The maximum Gasteiger partial charge on any atom is 0.172 e. The van der Waals surface area contributed by atoms with Crippen LogP contribution in [0.4, 0.5) is 5.82 Å². The van der Waals surface area contributed by atoms with E-state index in [4.69, 9.17) is 0 Å². The molecule has 0 bridgehead atoms. The van der Waals surface area contributed by atoms with Crippen LogP contribution in [-0.4, -0.2) is 16.5 Å². The number of halogens is 1. The largest absolute Gasteiger partial charge is 0.370 e. The van der Waals surface area contributed by atoms with Crippen molar-refractivity contribution in [3.05, 3.63) is 28.2 Å². The van der Waals surface area contributed by atoms with Gasteiger partial charge < -0.3 is 5.32 Å². The Labute approximate surface area is 107 Å². The highest BCUT2D eigenvalue weighted by atomic mass is 79.9. The van der Waals surface area contributed by atoms with E-state index in [0.29, 0.717) is 0 Å². The van der Waals surface area contributed by atoms with Crippen LogP contribution in [0, 0.1) is 0 Å². The molecule has 0 aliphatic carbocycles. The normalized spacial score (nSPS) is 10.4. The maximum atomic E-state index is 4.47. The smallest absolute Gasteiger partial charge is 0.172 e. The van der Waals surface area contributed by atoms with Gasteiger partial charge in [0.05, 0.1) is 4.88 Å². The van der Waals surface area contributed by atoms with Gasteiger partial charge in [-0.25, -0.2) is 9.97 Å². The molecule has 84 valence electrons. The van der Waals surface area contributed by atoms with Crippen LogP contribution >= 0.6 is 27.3 Å². The molecule has 0 amide bonds. The summed E-state index contributed by atoms with van der Waals surface area (Å²) >= 11 is 5.13. The molecule has 0 aromatic carbocycles. The van der Waals surface area contributed by atoms with Gasteiger partial charge in [0, 0.05) is 17.2 Å². The average molecular weight is 298 g/mol. The molecule has 0 spiro atoms. The van der Waals surface area contributed by atoms with Crippen molar-refractivity contribution in [2.45, 2.75) is 13.3 Å². The third-order valence-corrected chi connectivity index (χ3v) is 3.87. The van der Waals surface area contributed by atoms with E-state index >= 15 is 0 Å². The maximum absolute atomic E-state index is 4.47. The second kappa shape index (κ2) is 5.41. The Bertz CT molecular complexity index is 470. The minimum absolute atomic E-state index is 0.767. The van der Waals surface area contributed by atoms with E-state index in [1.807, 2.05) is 17.5 Å². The standard InChI is InChI=1S/C11H12BrN3S/c1-2-5-13-9-3-6-14-11(15-9)10-8(12)4-7-16-10/h3-4,6-7H,2,5H2,1H3,(H,13,14,15). The fourth-order valence-electron chi connectivity index (χ4n) is 1.27. The molecular formula is C11H12BrN3S. The molecule has 0 atom stereocenters. The van der Waals surface area contributed by atoms with Gasteiger partial charge in [-0.3, -0.25) is 0 Å². The molecule has 5 heteroatoms. The molecule has 0 aliphatic rings. The fraction of sp³-hybridized carbons (Fsp3) is 0.273. The predicted octanol–water partition coefficient (Wildman–Crippen LogP) is 3.79. The van der Waals surface area contributed by atoms with Crippen molar-refractivity contribution in [3.8, 4) is 10.7 Å². The topological polar surface area (TPSA) is 37.8 Å². The molecule has 0 saturated heterocycles. The SMILES string of the molecule is CCCNc1ccnc(-c2sccc2Br)n1. The highest BCUT2D eigenvalue weighted by Crippen LogP contribution is 2.31. The fourth-order valence-corrected chi connectivity index (χ4v) is 2.76. The molecule has 3 nitrogen and oxygen atoms in total. The monoisotopic (exact) mass is 297 g/mol. The Morgan fingerprint density at radius 1 is 1.44 bits per heavy atom. The Morgan fingerprint density at radius 2 is 2.31 bits per heavy atom. The number of hydrogen-bond acceptors (Lipinski definition) is 4. The second-order valence-electron chi connectivity index (χ2n) is 3.29. The Kier molecular flexibility index (Phi) is 3.90. The summed E-state index contributed by atoms with van der Waals surface area (Å²) in [7, 11) is 0. The first-order valence-corrected chi connectivity index (χ1v) is 6.79. The van der Waals surface area contributed by atoms with E-state index in [-0.39, 0.29) is 0 Å². The lowest BCUT2D eigenvalue weighted by atomic mass is 10.4. The van der Waals surface area contributed by atoms with Crippen molar-refractivity contribution >= 4 is 33.1 Å². The van der Waals surface area contributed by atoms with Crippen molar-refractivity contribution in [2.75, 3.05) is 11.9 Å². The summed E-state index contributed by atoms with van der Waals surface area (Å²) in [5.41, 5.74) is 0. The number of nitrogens with zero attached hydrogens (tertiary/aromatic N) is 2. The Balaban J connectivity index is 2.26. The van der Waals surface area contributed by atoms with Gasteiger partial charge in [0.2, 0.25) is 0 Å². The molecule has 2 rings (SSSR count). The molecule has 0 aliphatic heterocycles. The number of rotatable bonds is 4. The number of nitrogens with one attached hydrogen (secondary N) is 1. The quantitative estimate of drug-likeness (QED) is 0.933. The summed E-state index contributed by atoms with van der Waals surface area (Å²) in [4.78, 5) is 9.82. The number of thiophene rings is 1. The first-order valence-electron chi connectivity index (χ1n) is 5.11. The van der Waals surface area contributed by atoms with Crippen LogP contribution in [0.2, 0.25) is 0 Å². The summed E-state index contributed by atoms with van der Waals surface area (Å²) in [5.74, 6) is 1.65. The first-order chi connectivity index (χ1) is 7.81. The lowest BCUT2D eigenvalue weighted by Gasteiger charge is -2.04. The van der Waals surface area contributed by atoms with Crippen molar-refractivity contribution in [1.29, 1.82) is 0 Å². The van der Waals surface area contributed by atoms with Gasteiger partial charge in [-0.2, -0.15) is 0 Å². The first kappa shape index (κ1) is 11.5. The summed E-state index contributed by atoms with van der Waals surface area (Å²) < 4.78 is 1.05. The van der Waals surface area contributed by atoms with Crippen LogP contribution in [-0.2, 0) is 0 Å². The zero-order chi connectivity index (χ0) is 11.4. The van der Waals surface area contributed by atoms with Gasteiger partial charge in [0.15, 0.2) is 5.82 Å². The summed E-state index contributed by atoms with van der Waals surface area (Å²) in [5, 5.41) is 5.28. The van der Waals surface area contributed by atoms with Gasteiger partial charge >= 0.3 is 0 Å². The average Bonchev–Trinajstić information content (AvgIpc) is 2.73. The van der Waals surface area contributed by atoms with Gasteiger partial charge in [-0.05, 0) is 39.9 Å². The van der Waals surface area contributed by atoms with Crippen molar-refractivity contribution < 1.29 is 0 Å². The lowest BCUT2D eigenvalue weighted by Crippen LogP contribution is -2.02. The number of hydrogen-bond donors (Lipinski definition) is 1. The summed E-state index contributed by atoms with van der Waals surface area (Å²) in [6.07, 6.45) is 2.87. The van der Waals surface area contributed by atoms with Gasteiger partial charge in [-0.15, -0.1) is 11.3 Å². The van der Waals surface area contributed by atoms with Gasteiger partial charge in [0.25, 0.3) is 0 Å². The molecule has 2 aromatic rings. The minimum Gasteiger partial charge on any atom is -0.370 e. The van der Waals surface area contributed by atoms with E-state index in [1.54, 1.807) is 17.5 Å². The van der Waals surface area contributed by atoms with Crippen LogP contribution in [0.5, 0.6) is 0 Å². The van der Waals surface area contributed by atoms with E-state index in [0.717, 1.165) is 34.0 Å². The minimum atomic E-state index is 0.767. The molecule has 0 radical (unpaired) electrons. The number of aromatic nitrogens is 2. The van der Waals surface area contributed by atoms with Crippen molar-refractivity contribution in [1.82, 2.24) is 9.97 Å². The third kappa shape index (κ3) is 2.59. The summed E-state index contributed by atoms with van der Waals surface area (Å²) in [6, 6.07) is 3.90. The van der Waals surface area contributed by atoms with E-state index in [9.17, 15) is 0 Å². The van der Waals surface area contributed by atoms with Crippen molar-refractivity contribution in [2.24, 2.45) is 0 Å². The van der Waals surface area contributed by atoms with Crippen LogP contribution in [0.1, 0.15) is 13.3 Å². The van der Waals surface area contributed by atoms with Crippen LogP contribution in [0.25, 0.3) is 10.7 Å². The lowest BCUT2D eigenvalue weighted by molar-refractivity contribution is 0.966. The molecule has 16 heavy (non-hydrogen) atoms. The van der Waals surface area contributed by atoms with Crippen LogP contribution in [0.3, 0.4) is 0 Å². The summed E-state index contributed by atoms with van der Waals surface area (Å²) in [6.45, 7) is 3.06. The van der Waals surface area contributed by atoms with Crippen LogP contribution in [0.15, 0.2) is 28.2 Å². The number of anilines is 1. The molecule has 0 fully saturated rings. The molecule has 2 aromatic heterocycles. The zero-order valence-corrected chi connectivity index (χ0v) is 11.3.